The Morgan fingerprint density at radius 1 is 1.23 bits per heavy atom. The molecule has 22 heavy (non-hydrogen) atoms. The van der Waals surface area contributed by atoms with E-state index in [1.165, 1.54) is 32.1 Å². The molecule has 2 atom stereocenters. The molecule has 1 rings (SSSR count). The van der Waals surface area contributed by atoms with Crippen molar-refractivity contribution in [1.82, 2.24) is 10.2 Å². The van der Waals surface area contributed by atoms with Gasteiger partial charge in [-0.05, 0) is 46.0 Å². The topological polar surface area (TPSA) is 41.6 Å². The molecule has 4 nitrogen and oxygen atoms in total. The van der Waals surface area contributed by atoms with Crippen molar-refractivity contribution < 1.29 is 9.53 Å². The zero-order valence-corrected chi connectivity index (χ0v) is 15.3. The van der Waals surface area contributed by atoms with E-state index in [-0.39, 0.29) is 6.09 Å². The highest BCUT2D eigenvalue weighted by atomic mass is 16.6. The monoisotopic (exact) mass is 312 g/mol. The molecule has 0 aliphatic heterocycles. The lowest BCUT2D eigenvalue weighted by molar-refractivity contribution is 0.0249. The van der Waals surface area contributed by atoms with Crippen LogP contribution in [0.5, 0.6) is 0 Å². The Bertz CT molecular complexity index is 326. The van der Waals surface area contributed by atoms with Gasteiger partial charge in [-0.15, -0.1) is 0 Å². The van der Waals surface area contributed by atoms with Crippen molar-refractivity contribution in [1.29, 1.82) is 0 Å². The second kappa shape index (κ2) is 9.39. The van der Waals surface area contributed by atoms with Crippen LogP contribution in [0.2, 0.25) is 0 Å². The largest absolute Gasteiger partial charge is 0.444 e. The Labute approximate surface area is 137 Å². The van der Waals surface area contributed by atoms with Gasteiger partial charge in [0.15, 0.2) is 0 Å². The van der Waals surface area contributed by atoms with Crippen molar-refractivity contribution in [3.05, 3.63) is 0 Å². The van der Waals surface area contributed by atoms with Crippen LogP contribution >= 0.6 is 0 Å². The van der Waals surface area contributed by atoms with E-state index < -0.39 is 5.60 Å². The van der Waals surface area contributed by atoms with Crippen LogP contribution in [0.4, 0.5) is 4.79 Å². The Morgan fingerprint density at radius 3 is 2.55 bits per heavy atom. The van der Waals surface area contributed by atoms with E-state index >= 15 is 0 Å². The van der Waals surface area contributed by atoms with E-state index in [1.807, 2.05) is 25.7 Å². The lowest BCUT2D eigenvalue weighted by atomic mass is 9.84. The predicted octanol–water partition coefficient (Wildman–Crippen LogP) is 4.19. The lowest BCUT2D eigenvalue weighted by Crippen LogP contribution is -2.43. The highest BCUT2D eigenvalue weighted by Crippen LogP contribution is 2.26. The van der Waals surface area contributed by atoms with E-state index in [0.29, 0.717) is 6.04 Å². The first-order chi connectivity index (χ1) is 10.4. The molecule has 0 saturated heterocycles. The fourth-order valence-electron chi connectivity index (χ4n) is 3.14. The summed E-state index contributed by atoms with van der Waals surface area (Å²) >= 11 is 0. The Hall–Kier alpha value is -0.770. The maximum Gasteiger partial charge on any atom is 0.410 e. The number of amides is 1. The summed E-state index contributed by atoms with van der Waals surface area (Å²) in [5.74, 6) is 0.879. The minimum absolute atomic E-state index is 0.189. The molecule has 1 fully saturated rings. The quantitative estimate of drug-likeness (QED) is 0.766. The maximum absolute atomic E-state index is 12.2. The van der Waals surface area contributed by atoms with Crippen molar-refractivity contribution in [3.8, 4) is 0 Å². The third kappa shape index (κ3) is 7.48. The van der Waals surface area contributed by atoms with Crippen LogP contribution in [0, 0.1) is 5.92 Å². The van der Waals surface area contributed by atoms with E-state index in [9.17, 15) is 4.79 Å². The third-order valence-electron chi connectivity index (χ3n) is 4.32. The SMILES string of the molecule is CCCN(CCNC1CCCC(CC)C1)C(=O)OC(C)(C)C. The van der Waals surface area contributed by atoms with Crippen molar-refractivity contribution >= 4 is 6.09 Å². The summed E-state index contributed by atoms with van der Waals surface area (Å²) in [4.78, 5) is 14.0. The molecule has 0 radical (unpaired) electrons. The molecule has 1 amide bonds. The smallest absolute Gasteiger partial charge is 0.410 e. The van der Waals surface area contributed by atoms with Crippen molar-refractivity contribution in [2.45, 2.75) is 84.8 Å². The van der Waals surface area contributed by atoms with Crippen LogP contribution in [-0.2, 0) is 4.74 Å². The molecule has 0 spiro atoms. The molecule has 0 aromatic heterocycles. The molecule has 0 bridgehead atoms. The summed E-state index contributed by atoms with van der Waals surface area (Å²) in [6.07, 6.45) is 7.34. The van der Waals surface area contributed by atoms with E-state index in [4.69, 9.17) is 4.74 Å². The predicted molar refractivity (Wildman–Crippen MR) is 92.1 cm³/mol. The van der Waals surface area contributed by atoms with Crippen LogP contribution in [0.15, 0.2) is 0 Å². The number of hydrogen-bond acceptors (Lipinski definition) is 3. The van der Waals surface area contributed by atoms with Gasteiger partial charge in [0, 0.05) is 25.7 Å². The summed E-state index contributed by atoms with van der Waals surface area (Å²) in [7, 11) is 0. The van der Waals surface area contributed by atoms with Crippen molar-refractivity contribution in [2.24, 2.45) is 5.92 Å². The first-order valence-electron chi connectivity index (χ1n) is 9.07. The molecular formula is C18H36N2O2. The average molecular weight is 312 g/mol. The van der Waals surface area contributed by atoms with Gasteiger partial charge in [0.25, 0.3) is 0 Å². The van der Waals surface area contributed by atoms with Gasteiger partial charge in [-0.25, -0.2) is 4.79 Å². The molecule has 2 unspecified atom stereocenters. The molecule has 0 aromatic carbocycles. The van der Waals surface area contributed by atoms with E-state index in [2.05, 4.69) is 19.2 Å². The highest BCUT2D eigenvalue weighted by molar-refractivity contribution is 5.68. The molecule has 1 saturated carbocycles. The van der Waals surface area contributed by atoms with Gasteiger partial charge in [-0.1, -0.05) is 33.1 Å². The van der Waals surface area contributed by atoms with Crippen LogP contribution in [0.25, 0.3) is 0 Å². The standard InChI is InChI=1S/C18H36N2O2/c1-6-12-20(17(21)22-18(3,4)5)13-11-19-16-10-8-9-15(7-2)14-16/h15-16,19H,6-14H2,1-5H3. The number of nitrogens with zero attached hydrogens (tertiary/aromatic N) is 1. The minimum Gasteiger partial charge on any atom is -0.444 e. The zero-order valence-electron chi connectivity index (χ0n) is 15.3. The van der Waals surface area contributed by atoms with Crippen molar-refractivity contribution in [3.63, 3.8) is 0 Å². The first-order valence-corrected chi connectivity index (χ1v) is 9.07. The molecular weight excluding hydrogens is 276 g/mol. The summed E-state index contributed by atoms with van der Waals surface area (Å²) in [5.41, 5.74) is -0.422. The fourth-order valence-corrected chi connectivity index (χ4v) is 3.14. The molecule has 4 heteroatoms. The number of nitrogens with one attached hydrogen (secondary N) is 1. The van der Waals surface area contributed by atoms with Gasteiger partial charge in [0.1, 0.15) is 5.60 Å². The van der Waals surface area contributed by atoms with Gasteiger partial charge in [0.05, 0.1) is 0 Å². The first kappa shape index (κ1) is 19.3. The second-order valence-electron chi connectivity index (χ2n) is 7.56. The Morgan fingerprint density at radius 2 is 1.95 bits per heavy atom. The average Bonchev–Trinajstić information content (AvgIpc) is 2.44. The summed E-state index contributed by atoms with van der Waals surface area (Å²) in [6.45, 7) is 12.5. The van der Waals surface area contributed by atoms with Crippen LogP contribution in [-0.4, -0.2) is 42.3 Å². The molecule has 0 heterocycles. The summed E-state index contributed by atoms with van der Waals surface area (Å²) in [6, 6.07) is 0.626. The highest BCUT2D eigenvalue weighted by Gasteiger charge is 2.23. The molecule has 130 valence electrons. The normalized spacial score (nSPS) is 22.4. The Kier molecular flexibility index (Phi) is 8.23. The minimum atomic E-state index is -0.422. The summed E-state index contributed by atoms with van der Waals surface area (Å²) < 4.78 is 5.49. The number of ether oxygens (including phenoxy) is 1. The molecule has 1 aliphatic rings. The molecule has 1 aliphatic carbocycles. The maximum atomic E-state index is 12.2. The van der Waals surface area contributed by atoms with Gasteiger partial charge in [0.2, 0.25) is 0 Å². The third-order valence-corrected chi connectivity index (χ3v) is 4.32. The van der Waals surface area contributed by atoms with Crippen LogP contribution in [0.1, 0.15) is 73.1 Å². The number of hydrogen-bond donors (Lipinski definition) is 1. The van der Waals surface area contributed by atoms with Crippen LogP contribution in [0.3, 0.4) is 0 Å². The lowest BCUT2D eigenvalue weighted by Gasteiger charge is -2.31. The second-order valence-corrected chi connectivity index (χ2v) is 7.56. The van der Waals surface area contributed by atoms with Gasteiger partial charge in [-0.2, -0.15) is 0 Å². The Balaban J connectivity index is 2.36. The zero-order chi connectivity index (χ0) is 16.6. The fraction of sp³-hybridized carbons (Fsp3) is 0.944. The number of carbonyl (C=O) groups excluding carboxylic acids is 1. The molecule has 0 aromatic rings. The number of carbonyl (C=O) groups is 1. The van der Waals surface area contributed by atoms with Crippen LogP contribution < -0.4 is 5.32 Å². The van der Waals surface area contributed by atoms with Gasteiger partial charge >= 0.3 is 6.09 Å². The molecule has 1 N–H and O–H groups in total. The summed E-state index contributed by atoms with van der Waals surface area (Å²) in [5, 5.41) is 3.64. The van der Waals surface area contributed by atoms with Gasteiger partial charge < -0.3 is 15.0 Å². The number of rotatable bonds is 7. The van der Waals surface area contributed by atoms with E-state index in [0.717, 1.165) is 32.0 Å². The van der Waals surface area contributed by atoms with E-state index in [1.54, 1.807) is 0 Å². The van der Waals surface area contributed by atoms with Crippen molar-refractivity contribution in [2.75, 3.05) is 19.6 Å². The van der Waals surface area contributed by atoms with Gasteiger partial charge in [-0.3, -0.25) is 0 Å².